The van der Waals surface area contributed by atoms with Gasteiger partial charge in [-0.2, -0.15) is 5.10 Å². The van der Waals surface area contributed by atoms with E-state index in [2.05, 4.69) is 22.3 Å². The van der Waals surface area contributed by atoms with Crippen LogP contribution < -0.4 is 5.32 Å². The Bertz CT molecular complexity index is 641. The smallest absolute Gasteiger partial charge is 0.176 e. The fourth-order valence-corrected chi connectivity index (χ4v) is 2.97. The van der Waals surface area contributed by atoms with Gasteiger partial charge in [-0.25, -0.2) is 14.1 Å². The summed E-state index contributed by atoms with van der Waals surface area (Å²) < 4.78 is 20.1. The molecule has 2 atom stereocenters. The summed E-state index contributed by atoms with van der Waals surface area (Å²) in [5.74, 6) is 1.95. The van der Waals surface area contributed by atoms with Crippen molar-refractivity contribution in [1.29, 1.82) is 0 Å². The molecular weight excluding hydrogens is 295 g/mol. The minimum absolute atomic E-state index is 0.188. The Balaban J connectivity index is 1.54. The highest BCUT2D eigenvalue weighted by molar-refractivity contribution is 5.20. The lowest BCUT2D eigenvalue weighted by Gasteiger charge is -2.25. The molecule has 0 saturated carbocycles. The van der Waals surface area contributed by atoms with E-state index in [1.807, 2.05) is 16.8 Å². The minimum Gasteiger partial charge on any atom is -0.377 e. The van der Waals surface area contributed by atoms with Crippen molar-refractivity contribution in [3.63, 3.8) is 0 Å². The summed E-state index contributed by atoms with van der Waals surface area (Å²) in [6.07, 6.45) is 1.99. The minimum atomic E-state index is -0.188. The molecule has 0 radical (unpaired) electrons. The molecule has 1 aliphatic heterocycles. The SMILES string of the molecule is COCc1nc2n(n1)C[C@H](NC[C@@H](C)c1ccc(F)cc1)CC2. The van der Waals surface area contributed by atoms with Crippen molar-refractivity contribution < 1.29 is 9.13 Å². The van der Waals surface area contributed by atoms with Crippen LogP contribution in [0.3, 0.4) is 0 Å². The molecule has 0 aliphatic carbocycles. The lowest BCUT2D eigenvalue weighted by molar-refractivity contribution is 0.177. The fraction of sp³-hybridized carbons (Fsp3) is 0.529. The summed E-state index contributed by atoms with van der Waals surface area (Å²) in [7, 11) is 1.65. The van der Waals surface area contributed by atoms with E-state index in [0.29, 0.717) is 18.6 Å². The first kappa shape index (κ1) is 16.1. The summed E-state index contributed by atoms with van der Waals surface area (Å²) in [4.78, 5) is 4.49. The zero-order valence-electron chi connectivity index (χ0n) is 13.6. The van der Waals surface area contributed by atoms with E-state index in [9.17, 15) is 4.39 Å². The van der Waals surface area contributed by atoms with Gasteiger partial charge in [0.25, 0.3) is 0 Å². The number of ether oxygens (including phenoxy) is 1. The van der Waals surface area contributed by atoms with Crippen molar-refractivity contribution in [3.05, 3.63) is 47.3 Å². The van der Waals surface area contributed by atoms with Gasteiger partial charge in [0, 0.05) is 26.1 Å². The first-order valence-corrected chi connectivity index (χ1v) is 8.06. The molecule has 0 saturated heterocycles. The van der Waals surface area contributed by atoms with Crippen LogP contribution in [0.15, 0.2) is 24.3 Å². The average molecular weight is 318 g/mol. The number of benzene rings is 1. The van der Waals surface area contributed by atoms with Crippen LogP contribution in [0.5, 0.6) is 0 Å². The van der Waals surface area contributed by atoms with Crippen molar-refractivity contribution in [1.82, 2.24) is 20.1 Å². The van der Waals surface area contributed by atoms with E-state index in [0.717, 1.165) is 43.1 Å². The highest BCUT2D eigenvalue weighted by atomic mass is 19.1. The normalized spacial score (nSPS) is 18.7. The second kappa shape index (κ2) is 7.19. The molecule has 0 fully saturated rings. The molecule has 0 unspecified atom stereocenters. The quantitative estimate of drug-likeness (QED) is 0.888. The average Bonchev–Trinajstić information content (AvgIpc) is 2.95. The second-order valence-corrected chi connectivity index (χ2v) is 6.16. The zero-order chi connectivity index (χ0) is 16.2. The van der Waals surface area contributed by atoms with Crippen molar-refractivity contribution in [2.24, 2.45) is 0 Å². The van der Waals surface area contributed by atoms with Gasteiger partial charge >= 0.3 is 0 Å². The summed E-state index contributed by atoms with van der Waals surface area (Å²) in [6, 6.07) is 7.14. The molecule has 1 aromatic carbocycles. The predicted molar refractivity (Wildman–Crippen MR) is 85.7 cm³/mol. The van der Waals surface area contributed by atoms with E-state index in [-0.39, 0.29) is 5.82 Å². The first-order chi connectivity index (χ1) is 11.2. The fourth-order valence-electron chi connectivity index (χ4n) is 2.97. The molecule has 0 spiro atoms. The van der Waals surface area contributed by atoms with Crippen LogP contribution in [-0.2, 0) is 24.3 Å². The van der Waals surface area contributed by atoms with Gasteiger partial charge in [-0.05, 0) is 30.0 Å². The molecule has 1 aliphatic rings. The maximum absolute atomic E-state index is 13.0. The number of rotatable bonds is 6. The van der Waals surface area contributed by atoms with Crippen LogP contribution in [0.25, 0.3) is 0 Å². The Morgan fingerprint density at radius 2 is 2.17 bits per heavy atom. The molecule has 1 N–H and O–H groups in total. The first-order valence-electron chi connectivity index (χ1n) is 8.06. The van der Waals surface area contributed by atoms with Crippen LogP contribution in [0.4, 0.5) is 4.39 Å². The molecule has 0 bridgehead atoms. The Morgan fingerprint density at radius 3 is 2.91 bits per heavy atom. The van der Waals surface area contributed by atoms with Gasteiger partial charge in [0.15, 0.2) is 5.82 Å². The number of hydrogen-bond acceptors (Lipinski definition) is 4. The number of fused-ring (bicyclic) bond motifs is 1. The van der Waals surface area contributed by atoms with Crippen molar-refractivity contribution >= 4 is 0 Å². The summed E-state index contributed by atoms with van der Waals surface area (Å²) >= 11 is 0. The van der Waals surface area contributed by atoms with E-state index in [4.69, 9.17) is 4.74 Å². The lowest BCUT2D eigenvalue weighted by Crippen LogP contribution is -2.39. The Kier molecular flexibility index (Phi) is 5.03. The largest absolute Gasteiger partial charge is 0.377 e. The molecule has 23 heavy (non-hydrogen) atoms. The third kappa shape index (κ3) is 3.95. The molecule has 6 heteroatoms. The number of aryl methyl sites for hydroxylation is 1. The molecule has 2 heterocycles. The zero-order valence-corrected chi connectivity index (χ0v) is 13.6. The lowest BCUT2D eigenvalue weighted by atomic mass is 10.00. The van der Waals surface area contributed by atoms with Crippen LogP contribution in [0, 0.1) is 5.82 Å². The Morgan fingerprint density at radius 1 is 1.39 bits per heavy atom. The van der Waals surface area contributed by atoms with E-state index in [1.165, 1.54) is 12.1 Å². The molecule has 124 valence electrons. The van der Waals surface area contributed by atoms with Gasteiger partial charge in [-0.15, -0.1) is 0 Å². The van der Waals surface area contributed by atoms with Crippen LogP contribution >= 0.6 is 0 Å². The van der Waals surface area contributed by atoms with Gasteiger partial charge in [-0.3, -0.25) is 0 Å². The molecule has 3 rings (SSSR count). The van der Waals surface area contributed by atoms with E-state index in [1.54, 1.807) is 7.11 Å². The van der Waals surface area contributed by atoms with Crippen LogP contribution in [-0.4, -0.2) is 34.5 Å². The van der Waals surface area contributed by atoms with E-state index < -0.39 is 0 Å². The van der Waals surface area contributed by atoms with E-state index >= 15 is 0 Å². The molecule has 5 nitrogen and oxygen atoms in total. The predicted octanol–water partition coefficient (Wildman–Crippen LogP) is 2.27. The van der Waals surface area contributed by atoms with Crippen molar-refractivity contribution in [2.45, 2.75) is 44.9 Å². The third-order valence-electron chi connectivity index (χ3n) is 4.33. The number of halogens is 1. The van der Waals surface area contributed by atoms with Crippen molar-refractivity contribution in [2.75, 3.05) is 13.7 Å². The monoisotopic (exact) mass is 318 g/mol. The summed E-state index contributed by atoms with van der Waals surface area (Å²) in [5, 5.41) is 8.09. The highest BCUT2D eigenvalue weighted by Crippen LogP contribution is 2.17. The van der Waals surface area contributed by atoms with Gasteiger partial charge in [-0.1, -0.05) is 19.1 Å². The molecular formula is C17H23FN4O. The van der Waals surface area contributed by atoms with Crippen LogP contribution in [0.1, 0.15) is 36.5 Å². The van der Waals surface area contributed by atoms with Gasteiger partial charge < -0.3 is 10.1 Å². The number of methoxy groups -OCH3 is 1. The highest BCUT2D eigenvalue weighted by Gasteiger charge is 2.21. The Labute approximate surface area is 135 Å². The second-order valence-electron chi connectivity index (χ2n) is 6.16. The molecule has 2 aromatic rings. The Hall–Kier alpha value is -1.79. The maximum atomic E-state index is 13.0. The van der Waals surface area contributed by atoms with Crippen LogP contribution in [0.2, 0.25) is 0 Å². The third-order valence-corrected chi connectivity index (χ3v) is 4.33. The summed E-state index contributed by atoms with van der Waals surface area (Å²) in [6.45, 7) is 4.31. The van der Waals surface area contributed by atoms with Crippen molar-refractivity contribution in [3.8, 4) is 0 Å². The van der Waals surface area contributed by atoms with Gasteiger partial charge in [0.05, 0.1) is 6.54 Å². The topological polar surface area (TPSA) is 52.0 Å². The molecule has 0 amide bonds. The number of nitrogens with one attached hydrogen (secondary N) is 1. The number of hydrogen-bond donors (Lipinski definition) is 1. The number of aromatic nitrogens is 3. The maximum Gasteiger partial charge on any atom is 0.176 e. The number of nitrogens with zero attached hydrogens (tertiary/aromatic N) is 3. The standard InChI is InChI=1S/C17H23FN4O/c1-12(13-3-5-14(18)6-4-13)9-19-15-7-8-17-20-16(11-23-2)21-22(17)10-15/h3-6,12,15,19H,7-11H2,1-2H3/t12-,15-/m1/s1. The van der Waals surface area contributed by atoms with Gasteiger partial charge in [0.2, 0.25) is 0 Å². The summed E-state index contributed by atoms with van der Waals surface area (Å²) in [5.41, 5.74) is 1.15. The van der Waals surface area contributed by atoms with Gasteiger partial charge in [0.1, 0.15) is 18.2 Å². The molecule has 1 aromatic heterocycles.